The first kappa shape index (κ1) is 13.8. The lowest BCUT2D eigenvalue weighted by Crippen LogP contribution is -2.34. The molecule has 6 heteroatoms. The molecular formula is C13H21N5O. The number of aromatic nitrogens is 1. The van der Waals surface area contributed by atoms with Crippen LogP contribution >= 0.6 is 0 Å². The van der Waals surface area contributed by atoms with Crippen LogP contribution in [-0.2, 0) is 11.3 Å². The second-order valence-electron chi connectivity index (χ2n) is 5.09. The molecule has 1 aromatic rings. The smallest absolute Gasteiger partial charge is 0.217 e. The van der Waals surface area contributed by atoms with Gasteiger partial charge in [0.15, 0.2) is 0 Å². The summed E-state index contributed by atoms with van der Waals surface area (Å²) in [4.78, 5) is 17.5. The summed E-state index contributed by atoms with van der Waals surface area (Å²) in [6.45, 7) is 2.91. The highest BCUT2D eigenvalue weighted by molar-refractivity contribution is 5.73. The largest absolute Gasteiger partial charge is 0.370 e. The number of pyridine rings is 1. The van der Waals surface area contributed by atoms with E-state index in [4.69, 9.17) is 11.6 Å². The number of nitrogen functional groups attached to an aromatic ring is 1. The molecule has 0 aromatic carbocycles. The first-order valence-electron chi connectivity index (χ1n) is 6.59. The van der Waals surface area contributed by atoms with Crippen molar-refractivity contribution >= 4 is 11.7 Å². The van der Waals surface area contributed by atoms with Gasteiger partial charge in [0, 0.05) is 19.2 Å². The number of anilines is 1. The summed E-state index contributed by atoms with van der Waals surface area (Å²) in [7, 11) is 0. The van der Waals surface area contributed by atoms with E-state index < -0.39 is 0 Å². The van der Waals surface area contributed by atoms with Crippen LogP contribution in [0.2, 0.25) is 0 Å². The van der Waals surface area contributed by atoms with Gasteiger partial charge in [-0.05, 0) is 43.5 Å². The third-order valence-corrected chi connectivity index (χ3v) is 3.58. The molecule has 1 fully saturated rings. The predicted octanol–water partition coefficient (Wildman–Crippen LogP) is 0.455. The lowest BCUT2D eigenvalue weighted by molar-refractivity contribution is -0.119. The van der Waals surface area contributed by atoms with Crippen molar-refractivity contribution in [2.75, 3.05) is 18.5 Å². The van der Waals surface area contributed by atoms with Crippen molar-refractivity contribution in [2.24, 2.45) is 17.5 Å². The van der Waals surface area contributed by atoms with Crippen molar-refractivity contribution in [2.45, 2.75) is 25.8 Å². The monoisotopic (exact) mass is 263 g/mol. The van der Waals surface area contributed by atoms with Crippen LogP contribution in [0.4, 0.5) is 5.82 Å². The fourth-order valence-corrected chi connectivity index (χ4v) is 2.49. The Kier molecular flexibility index (Phi) is 4.70. The van der Waals surface area contributed by atoms with E-state index >= 15 is 0 Å². The van der Waals surface area contributed by atoms with E-state index in [0.717, 1.165) is 32.5 Å². The molecular weight excluding hydrogens is 242 g/mol. The topological polar surface area (TPSA) is 97.3 Å². The Morgan fingerprint density at radius 3 is 2.68 bits per heavy atom. The van der Waals surface area contributed by atoms with Gasteiger partial charge in [0.2, 0.25) is 5.91 Å². The zero-order chi connectivity index (χ0) is 13.7. The van der Waals surface area contributed by atoms with E-state index in [1.165, 1.54) is 5.56 Å². The molecule has 0 spiro atoms. The standard InChI is InChI=1S/C13H21N5O/c14-12(19)7-10-3-5-18(6-4-10)9-11-1-2-13(17-15)16-8-11/h1-2,8,10H,3-7,9,15H2,(H2,14,19)(H,16,17). The van der Waals surface area contributed by atoms with E-state index in [9.17, 15) is 4.79 Å². The Hall–Kier alpha value is -1.66. The maximum absolute atomic E-state index is 10.9. The van der Waals surface area contributed by atoms with E-state index in [2.05, 4.69) is 15.3 Å². The van der Waals surface area contributed by atoms with Gasteiger partial charge in [-0.25, -0.2) is 10.8 Å². The summed E-state index contributed by atoms with van der Waals surface area (Å²) >= 11 is 0. The fourth-order valence-electron chi connectivity index (χ4n) is 2.49. The predicted molar refractivity (Wildman–Crippen MR) is 73.9 cm³/mol. The van der Waals surface area contributed by atoms with Gasteiger partial charge in [-0.3, -0.25) is 9.69 Å². The number of nitrogens with two attached hydrogens (primary N) is 2. The molecule has 0 bridgehead atoms. The summed E-state index contributed by atoms with van der Waals surface area (Å²) in [5, 5.41) is 0. The van der Waals surface area contributed by atoms with E-state index in [1.54, 1.807) is 0 Å². The molecule has 2 heterocycles. The van der Waals surface area contributed by atoms with Gasteiger partial charge in [-0.15, -0.1) is 0 Å². The number of nitrogens with zero attached hydrogens (tertiary/aromatic N) is 2. The molecule has 0 unspecified atom stereocenters. The summed E-state index contributed by atoms with van der Waals surface area (Å²) in [5.41, 5.74) is 8.92. The molecule has 1 aromatic heterocycles. The lowest BCUT2D eigenvalue weighted by atomic mass is 9.93. The molecule has 0 saturated carbocycles. The van der Waals surface area contributed by atoms with Gasteiger partial charge in [0.05, 0.1) is 0 Å². The highest BCUT2D eigenvalue weighted by atomic mass is 16.1. The minimum absolute atomic E-state index is 0.187. The number of hydrazine groups is 1. The maximum Gasteiger partial charge on any atom is 0.217 e. The van der Waals surface area contributed by atoms with Gasteiger partial charge in [0.1, 0.15) is 5.82 Å². The average Bonchev–Trinajstić information content (AvgIpc) is 2.41. The molecule has 1 saturated heterocycles. The zero-order valence-corrected chi connectivity index (χ0v) is 11.0. The Morgan fingerprint density at radius 1 is 1.42 bits per heavy atom. The van der Waals surface area contributed by atoms with E-state index in [-0.39, 0.29) is 5.91 Å². The average molecular weight is 263 g/mol. The van der Waals surface area contributed by atoms with Crippen LogP contribution in [0.1, 0.15) is 24.8 Å². The molecule has 0 aliphatic carbocycles. The Balaban J connectivity index is 1.80. The Morgan fingerprint density at radius 2 is 2.16 bits per heavy atom. The number of piperidine rings is 1. The highest BCUT2D eigenvalue weighted by Crippen LogP contribution is 2.21. The van der Waals surface area contributed by atoms with E-state index in [0.29, 0.717) is 18.2 Å². The summed E-state index contributed by atoms with van der Waals surface area (Å²) < 4.78 is 0. The molecule has 104 valence electrons. The number of primary amides is 1. The number of likely N-dealkylation sites (tertiary alicyclic amines) is 1. The number of nitrogens with one attached hydrogen (secondary N) is 1. The van der Waals surface area contributed by atoms with Gasteiger partial charge in [0.25, 0.3) is 0 Å². The van der Waals surface area contributed by atoms with Crippen molar-refractivity contribution in [3.8, 4) is 0 Å². The number of carbonyl (C=O) groups is 1. The van der Waals surface area contributed by atoms with Crippen molar-refractivity contribution in [3.63, 3.8) is 0 Å². The summed E-state index contributed by atoms with van der Waals surface area (Å²) in [6.07, 6.45) is 4.44. The second-order valence-corrected chi connectivity index (χ2v) is 5.09. The van der Waals surface area contributed by atoms with Crippen LogP contribution in [0.15, 0.2) is 18.3 Å². The summed E-state index contributed by atoms with van der Waals surface area (Å²) in [5.74, 6) is 6.22. The number of amides is 1. The third kappa shape index (κ3) is 4.18. The quantitative estimate of drug-likeness (QED) is 0.529. The molecule has 6 nitrogen and oxygen atoms in total. The summed E-state index contributed by atoms with van der Waals surface area (Å²) in [6, 6.07) is 3.90. The van der Waals surface area contributed by atoms with Gasteiger partial charge >= 0.3 is 0 Å². The van der Waals surface area contributed by atoms with Crippen molar-refractivity contribution in [1.82, 2.24) is 9.88 Å². The number of rotatable bonds is 5. The molecule has 2 rings (SSSR count). The first-order valence-corrected chi connectivity index (χ1v) is 6.59. The fraction of sp³-hybridized carbons (Fsp3) is 0.538. The molecule has 19 heavy (non-hydrogen) atoms. The van der Waals surface area contributed by atoms with Crippen LogP contribution in [0, 0.1) is 5.92 Å². The number of hydrogen-bond acceptors (Lipinski definition) is 5. The third-order valence-electron chi connectivity index (χ3n) is 3.58. The van der Waals surface area contributed by atoms with Gasteiger partial charge < -0.3 is 11.2 Å². The van der Waals surface area contributed by atoms with E-state index in [1.807, 2.05) is 18.3 Å². The first-order chi connectivity index (χ1) is 9.17. The van der Waals surface area contributed by atoms with Crippen LogP contribution < -0.4 is 17.0 Å². The highest BCUT2D eigenvalue weighted by Gasteiger charge is 2.20. The normalized spacial score (nSPS) is 17.3. The minimum Gasteiger partial charge on any atom is -0.370 e. The van der Waals surface area contributed by atoms with Crippen molar-refractivity contribution in [1.29, 1.82) is 0 Å². The van der Waals surface area contributed by atoms with Crippen LogP contribution in [0.3, 0.4) is 0 Å². The van der Waals surface area contributed by atoms with Crippen LogP contribution in [0.25, 0.3) is 0 Å². The molecule has 1 aliphatic rings. The molecule has 0 atom stereocenters. The maximum atomic E-state index is 10.9. The molecule has 1 amide bonds. The molecule has 0 radical (unpaired) electrons. The van der Waals surface area contributed by atoms with Crippen LogP contribution in [-0.4, -0.2) is 28.9 Å². The second kappa shape index (κ2) is 6.49. The zero-order valence-electron chi connectivity index (χ0n) is 11.0. The molecule has 5 N–H and O–H groups in total. The Bertz CT molecular complexity index is 412. The van der Waals surface area contributed by atoms with Gasteiger partial charge in [-0.2, -0.15) is 0 Å². The number of carbonyl (C=O) groups excluding carboxylic acids is 1. The van der Waals surface area contributed by atoms with Crippen molar-refractivity contribution < 1.29 is 4.79 Å². The number of hydrogen-bond donors (Lipinski definition) is 3. The molecule has 1 aliphatic heterocycles. The Labute approximate surface area is 113 Å². The van der Waals surface area contributed by atoms with Crippen molar-refractivity contribution in [3.05, 3.63) is 23.9 Å². The van der Waals surface area contributed by atoms with Gasteiger partial charge in [-0.1, -0.05) is 6.07 Å². The van der Waals surface area contributed by atoms with Crippen LogP contribution in [0.5, 0.6) is 0 Å². The lowest BCUT2D eigenvalue weighted by Gasteiger charge is -2.31. The minimum atomic E-state index is -0.187. The SMILES string of the molecule is NNc1ccc(CN2CCC(CC(N)=O)CC2)cn1.